The maximum absolute atomic E-state index is 12.1. The van der Waals surface area contributed by atoms with Gasteiger partial charge in [0.1, 0.15) is 12.3 Å². The third-order valence-electron chi connectivity index (χ3n) is 3.38. The molecule has 0 atom stereocenters. The lowest BCUT2D eigenvalue weighted by atomic mass is 10.2. The van der Waals surface area contributed by atoms with Crippen LogP contribution in [0, 0.1) is 6.92 Å². The fraction of sp³-hybridized carbons (Fsp3) is 0.222. The highest BCUT2D eigenvalue weighted by Crippen LogP contribution is 2.17. The Kier molecular flexibility index (Phi) is 5.78. The Balaban J connectivity index is 1.88. The number of aryl methyl sites for hydroxylation is 1. The van der Waals surface area contributed by atoms with Gasteiger partial charge in [-0.15, -0.1) is 0 Å². The first-order valence-corrected chi connectivity index (χ1v) is 7.50. The number of carbonyl (C=O) groups is 2. The summed E-state index contributed by atoms with van der Waals surface area (Å²) in [5.74, 6) is 0.384. The van der Waals surface area contributed by atoms with Crippen LogP contribution in [0.4, 0.5) is 16.2 Å². The number of ether oxygens (including phenoxy) is 1. The molecule has 6 nitrogen and oxygen atoms in total. The number of hydrogen-bond donors (Lipinski definition) is 2. The number of likely N-dealkylation sites (N-methyl/N-ethyl adjacent to an activating group) is 1. The van der Waals surface area contributed by atoms with Crippen molar-refractivity contribution in [1.82, 2.24) is 4.90 Å². The molecule has 0 aliphatic carbocycles. The molecule has 0 aromatic heterocycles. The molecule has 24 heavy (non-hydrogen) atoms. The minimum atomic E-state index is -0.373. The van der Waals surface area contributed by atoms with Crippen LogP contribution in [0.5, 0.6) is 5.75 Å². The summed E-state index contributed by atoms with van der Waals surface area (Å²) in [5, 5.41) is 5.48. The van der Waals surface area contributed by atoms with E-state index in [-0.39, 0.29) is 18.5 Å². The average Bonchev–Trinajstić information content (AvgIpc) is 2.57. The average molecular weight is 327 g/mol. The Morgan fingerprint density at radius 2 is 1.75 bits per heavy atom. The van der Waals surface area contributed by atoms with Gasteiger partial charge in [-0.1, -0.05) is 23.8 Å². The van der Waals surface area contributed by atoms with Gasteiger partial charge < -0.3 is 20.3 Å². The quantitative estimate of drug-likeness (QED) is 0.886. The van der Waals surface area contributed by atoms with E-state index in [9.17, 15) is 9.59 Å². The van der Waals surface area contributed by atoms with Crippen molar-refractivity contribution in [1.29, 1.82) is 0 Å². The SMILES string of the molecule is COc1cccc(NC(=O)N(C)CC(=O)Nc2ccc(C)cc2)c1. The molecule has 3 amide bonds. The molecule has 0 saturated heterocycles. The van der Waals surface area contributed by atoms with Gasteiger partial charge in [0.05, 0.1) is 7.11 Å². The van der Waals surface area contributed by atoms with Gasteiger partial charge in [-0.25, -0.2) is 4.79 Å². The summed E-state index contributed by atoms with van der Waals surface area (Å²) >= 11 is 0. The van der Waals surface area contributed by atoms with E-state index in [0.29, 0.717) is 17.1 Å². The van der Waals surface area contributed by atoms with Crippen molar-refractivity contribution in [2.75, 3.05) is 31.3 Å². The Morgan fingerprint density at radius 1 is 1.04 bits per heavy atom. The van der Waals surface area contributed by atoms with Gasteiger partial charge in [-0.2, -0.15) is 0 Å². The van der Waals surface area contributed by atoms with Crippen molar-refractivity contribution in [2.24, 2.45) is 0 Å². The molecular formula is C18H21N3O3. The fourth-order valence-electron chi connectivity index (χ4n) is 2.04. The third kappa shape index (κ3) is 5.01. The smallest absolute Gasteiger partial charge is 0.322 e. The highest BCUT2D eigenvalue weighted by molar-refractivity contribution is 5.96. The Morgan fingerprint density at radius 3 is 2.42 bits per heavy atom. The van der Waals surface area contributed by atoms with Gasteiger partial charge in [-0.05, 0) is 31.2 Å². The van der Waals surface area contributed by atoms with Crippen molar-refractivity contribution < 1.29 is 14.3 Å². The summed E-state index contributed by atoms with van der Waals surface area (Å²) < 4.78 is 5.11. The molecule has 6 heteroatoms. The van der Waals surface area contributed by atoms with Crippen LogP contribution >= 0.6 is 0 Å². The number of methoxy groups -OCH3 is 1. The Labute approximate surface area is 141 Å². The van der Waals surface area contributed by atoms with Crippen molar-refractivity contribution in [3.8, 4) is 5.75 Å². The third-order valence-corrected chi connectivity index (χ3v) is 3.38. The predicted octanol–water partition coefficient (Wildman–Crippen LogP) is 3.11. The normalized spacial score (nSPS) is 9.96. The van der Waals surface area contributed by atoms with E-state index in [2.05, 4.69) is 10.6 Å². The van der Waals surface area contributed by atoms with Crippen LogP contribution in [0.2, 0.25) is 0 Å². The zero-order chi connectivity index (χ0) is 17.5. The van der Waals surface area contributed by atoms with Gasteiger partial charge in [-0.3, -0.25) is 4.79 Å². The van der Waals surface area contributed by atoms with E-state index in [1.54, 1.807) is 38.4 Å². The van der Waals surface area contributed by atoms with E-state index in [1.165, 1.54) is 4.90 Å². The summed E-state index contributed by atoms with van der Waals surface area (Å²) in [5.41, 5.74) is 2.42. The van der Waals surface area contributed by atoms with E-state index in [0.717, 1.165) is 5.56 Å². The van der Waals surface area contributed by atoms with Crippen LogP contribution in [0.25, 0.3) is 0 Å². The maximum Gasteiger partial charge on any atom is 0.322 e. The summed E-state index contributed by atoms with van der Waals surface area (Å²) in [6.45, 7) is 1.92. The lowest BCUT2D eigenvalue weighted by Crippen LogP contribution is -2.37. The van der Waals surface area contributed by atoms with Crippen LogP contribution in [0.1, 0.15) is 5.56 Å². The largest absolute Gasteiger partial charge is 0.497 e. The number of nitrogens with one attached hydrogen (secondary N) is 2. The molecule has 2 rings (SSSR count). The molecule has 0 radical (unpaired) electrons. The molecule has 2 N–H and O–H groups in total. The predicted molar refractivity (Wildman–Crippen MR) is 94.5 cm³/mol. The second-order valence-corrected chi connectivity index (χ2v) is 5.43. The summed E-state index contributed by atoms with van der Waals surface area (Å²) in [4.78, 5) is 25.5. The molecule has 0 bridgehead atoms. The zero-order valence-electron chi connectivity index (χ0n) is 14.0. The van der Waals surface area contributed by atoms with Crippen LogP contribution in [0.15, 0.2) is 48.5 Å². The summed E-state index contributed by atoms with van der Waals surface area (Å²) in [6.07, 6.45) is 0. The standard InChI is InChI=1S/C18H21N3O3/c1-13-7-9-14(10-8-13)19-17(22)12-21(2)18(23)20-15-5-4-6-16(11-15)24-3/h4-11H,12H2,1-3H3,(H,19,22)(H,20,23). The van der Waals surface area contributed by atoms with Crippen molar-refractivity contribution in [3.63, 3.8) is 0 Å². The van der Waals surface area contributed by atoms with Crippen LogP contribution in [-0.2, 0) is 4.79 Å². The van der Waals surface area contributed by atoms with Crippen LogP contribution < -0.4 is 15.4 Å². The van der Waals surface area contributed by atoms with E-state index in [1.807, 2.05) is 31.2 Å². The van der Waals surface area contributed by atoms with Crippen molar-refractivity contribution in [3.05, 3.63) is 54.1 Å². The van der Waals surface area contributed by atoms with E-state index in [4.69, 9.17) is 4.74 Å². The van der Waals surface area contributed by atoms with Gasteiger partial charge in [0, 0.05) is 24.5 Å². The molecule has 2 aromatic carbocycles. The molecule has 0 aliphatic rings. The summed E-state index contributed by atoms with van der Waals surface area (Å²) in [6, 6.07) is 14.1. The Bertz CT molecular complexity index is 714. The monoisotopic (exact) mass is 327 g/mol. The zero-order valence-corrected chi connectivity index (χ0v) is 14.0. The maximum atomic E-state index is 12.1. The first-order valence-electron chi connectivity index (χ1n) is 7.50. The molecule has 2 aromatic rings. The second kappa shape index (κ2) is 8.01. The number of rotatable bonds is 5. The van der Waals surface area contributed by atoms with E-state index >= 15 is 0 Å². The fourth-order valence-corrected chi connectivity index (χ4v) is 2.04. The van der Waals surface area contributed by atoms with Gasteiger partial charge in [0.25, 0.3) is 0 Å². The number of anilines is 2. The van der Waals surface area contributed by atoms with Crippen LogP contribution in [0.3, 0.4) is 0 Å². The molecule has 0 unspecified atom stereocenters. The van der Waals surface area contributed by atoms with E-state index < -0.39 is 0 Å². The minimum absolute atomic E-state index is 0.0519. The lowest BCUT2D eigenvalue weighted by Gasteiger charge is -2.18. The first-order chi connectivity index (χ1) is 11.5. The number of carbonyl (C=O) groups excluding carboxylic acids is 2. The number of nitrogens with zero attached hydrogens (tertiary/aromatic N) is 1. The van der Waals surface area contributed by atoms with Crippen molar-refractivity contribution >= 4 is 23.3 Å². The van der Waals surface area contributed by atoms with Gasteiger partial charge in [0.15, 0.2) is 0 Å². The molecule has 0 spiro atoms. The summed E-state index contributed by atoms with van der Waals surface area (Å²) in [7, 11) is 3.12. The molecular weight excluding hydrogens is 306 g/mol. The van der Waals surface area contributed by atoms with Gasteiger partial charge >= 0.3 is 6.03 Å². The van der Waals surface area contributed by atoms with Crippen molar-refractivity contribution in [2.45, 2.75) is 6.92 Å². The van der Waals surface area contributed by atoms with Crippen LogP contribution in [-0.4, -0.2) is 37.5 Å². The highest BCUT2D eigenvalue weighted by Gasteiger charge is 2.13. The second-order valence-electron chi connectivity index (χ2n) is 5.43. The minimum Gasteiger partial charge on any atom is -0.497 e. The number of hydrogen-bond acceptors (Lipinski definition) is 3. The lowest BCUT2D eigenvalue weighted by molar-refractivity contribution is -0.116. The number of amides is 3. The highest BCUT2D eigenvalue weighted by atomic mass is 16.5. The topological polar surface area (TPSA) is 70.7 Å². The first kappa shape index (κ1) is 17.3. The number of urea groups is 1. The molecule has 0 saturated carbocycles. The molecule has 126 valence electrons. The number of benzene rings is 2. The molecule has 0 aliphatic heterocycles. The Hall–Kier alpha value is -3.02. The van der Waals surface area contributed by atoms with Gasteiger partial charge in [0.2, 0.25) is 5.91 Å². The molecule has 0 fully saturated rings. The molecule has 0 heterocycles.